The van der Waals surface area contributed by atoms with Gasteiger partial charge in [-0.3, -0.25) is 0 Å². The van der Waals surface area contributed by atoms with Gasteiger partial charge in [0.15, 0.2) is 5.16 Å². The molecule has 0 bridgehead atoms. The predicted molar refractivity (Wildman–Crippen MR) is 84.8 cm³/mol. The van der Waals surface area contributed by atoms with E-state index >= 15 is 0 Å². The predicted octanol–water partition coefficient (Wildman–Crippen LogP) is 3.52. The molecular formula is C15H28N4S. The van der Waals surface area contributed by atoms with Crippen LogP contribution in [0, 0.1) is 0 Å². The van der Waals surface area contributed by atoms with Crippen molar-refractivity contribution in [3.05, 3.63) is 6.33 Å². The second-order valence-corrected chi connectivity index (χ2v) is 7.10. The van der Waals surface area contributed by atoms with E-state index in [0.29, 0.717) is 5.25 Å². The van der Waals surface area contributed by atoms with E-state index in [9.17, 15) is 0 Å². The molecule has 1 heterocycles. The molecule has 2 atom stereocenters. The fourth-order valence-corrected chi connectivity index (χ4v) is 4.03. The van der Waals surface area contributed by atoms with E-state index in [4.69, 9.17) is 5.73 Å². The van der Waals surface area contributed by atoms with Gasteiger partial charge in [0.1, 0.15) is 6.33 Å². The van der Waals surface area contributed by atoms with Crippen molar-refractivity contribution in [2.24, 2.45) is 12.8 Å². The molecule has 0 spiro atoms. The lowest BCUT2D eigenvalue weighted by molar-refractivity contribution is 0.472. The maximum absolute atomic E-state index is 6.45. The normalized spacial score (nSPS) is 26.7. The fourth-order valence-electron chi connectivity index (χ4n) is 2.86. The summed E-state index contributed by atoms with van der Waals surface area (Å²) in [6.45, 7) is 0. The first kappa shape index (κ1) is 15.8. The molecular weight excluding hydrogens is 268 g/mol. The van der Waals surface area contributed by atoms with E-state index in [1.807, 2.05) is 23.5 Å². The molecule has 2 unspecified atom stereocenters. The summed E-state index contributed by atoms with van der Waals surface area (Å²) in [7, 11) is 1.95. The molecule has 20 heavy (non-hydrogen) atoms. The van der Waals surface area contributed by atoms with E-state index in [1.165, 1.54) is 57.8 Å². The first-order chi connectivity index (χ1) is 9.77. The minimum absolute atomic E-state index is 0.288. The SMILES string of the molecule is Cn1ncnc1SC1CCCCCCCCCCC1N. The van der Waals surface area contributed by atoms with Crippen molar-refractivity contribution in [2.45, 2.75) is 80.7 Å². The van der Waals surface area contributed by atoms with Crippen LogP contribution in [0.1, 0.15) is 64.2 Å². The van der Waals surface area contributed by atoms with Crippen LogP contribution < -0.4 is 5.73 Å². The third kappa shape index (κ3) is 5.09. The Balaban J connectivity index is 1.92. The van der Waals surface area contributed by atoms with Gasteiger partial charge in [0.2, 0.25) is 0 Å². The van der Waals surface area contributed by atoms with Gasteiger partial charge in [-0.15, -0.1) is 0 Å². The van der Waals surface area contributed by atoms with Crippen molar-refractivity contribution in [1.82, 2.24) is 14.8 Å². The van der Waals surface area contributed by atoms with Gasteiger partial charge in [-0.1, -0.05) is 63.1 Å². The molecule has 5 heteroatoms. The second kappa shape index (κ2) is 8.67. The van der Waals surface area contributed by atoms with E-state index < -0.39 is 0 Å². The highest BCUT2D eigenvalue weighted by molar-refractivity contribution is 7.99. The van der Waals surface area contributed by atoms with E-state index in [1.54, 1.807) is 6.33 Å². The minimum atomic E-state index is 0.288. The first-order valence-corrected chi connectivity index (χ1v) is 8.91. The number of aryl methyl sites for hydroxylation is 1. The highest BCUT2D eigenvalue weighted by atomic mass is 32.2. The zero-order chi connectivity index (χ0) is 14.2. The van der Waals surface area contributed by atoms with E-state index in [2.05, 4.69) is 10.1 Å². The summed E-state index contributed by atoms with van der Waals surface area (Å²) >= 11 is 1.82. The van der Waals surface area contributed by atoms with Gasteiger partial charge in [-0.2, -0.15) is 5.10 Å². The quantitative estimate of drug-likeness (QED) is 0.907. The standard InChI is InChI=1S/C15H28N4S/c1-19-15(17-12-18-19)20-14-11-9-7-5-3-2-4-6-8-10-13(14)16/h12-14H,2-11,16H2,1H3. The van der Waals surface area contributed by atoms with E-state index in [0.717, 1.165) is 11.6 Å². The Labute approximate surface area is 126 Å². The smallest absolute Gasteiger partial charge is 0.186 e. The Morgan fingerprint density at radius 1 is 1.05 bits per heavy atom. The van der Waals surface area contributed by atoms with Gasteiger partial charge in [-0.25, -0.2) is 9.67 Å². The average molecular weight is 296 g/mol. The molecule has 2 N–H and O–H groups in total. The van der Waals surface area contributed by atoms with Crippen molar-refractivity contribution in [3.8, 4) is 0 Å². The maximum Gasteiger partial charge on any atom is 0.186 e. The molecule has 114 valence electrons. The molecule has 0 aromatic carbocycles. The summed E-state index contributed by atoms with van der Waals surface area (Å²) in [6, 6.07) is 0.288. The van der Waals surface area contributed by atoms with Gasteiger partial charge in [0.25, 0.3) is 0 Å². The average Bonchev–Trinajstić information content (AvgIpc) is 2.83. The molecule has 1 saturated carbocycles. The van der Waals surface area contributed by atoms with Crippen molar-refractivity contribution >= 4 is 11.8 Å². The Hall–Kier alpha value is -0.550. The van der Waals surface area contributed by atoms with Crippen LogP contribution in [0.2, 0.25) is 0 Å². The molecule has 0 saturated heterocycles. The lowest BCUT2D eigenvalue weighted by Gasteiger charge is -2.23. The number of rotatable bonds is 2. The van der Waals surface area contributed by atoms with Crippen LogP contribution in [0.5, 0.6) is 0 Å². The molecule has 1 fully saturated rings. The van der Waals surface area contributed by atoms with Crippen LogP contribution in [0.3, 0.4) is 0 Å². The lowest BCUT2D eigenvalue weighted by Crippen LogP contribution is -2.32. The molecule has 0 amide bonds. The van der Waals surface area contributed by atoms with Crippen LogP contribution in [0.4, 0.5) is 0 Å². The Morgan fingerprint density at radius 3 is 2.25 bits per heavy atom. The van der Waals surface area contributed by atoms with Crippen LogP contribution >= 0.6 is 11.8 Å². The largest absolute Gasteiger partial charge is 0.327 e. The Bertz CT molecular complexity index is 380. The fraction of sp³-hybridized carbons (Fsp3) is 0.867. The maximum atomic E-state index is 6.45. The number of nitrogens with two attached hydrogens (primary N) is 1. The number of nitrogens with zero attached hydrogens (tertiary/aromatic N) is 3. The lowest BCUT2D eigenvalue weighted by atomic mass is 9.98. The summed E-state index contributed by atoms with van der Waals surface area (Å²) in [5.74, 6) is 0. The van der Waals surface area contributed by atoms with Crippen LogP contribution in [-0.4, -0.2) is 26.1 Å². The first-order valence-electron chi connectivity index (χ1n) is 8.03. The topological polar surface area (TPSA) is 56.7 Å². The monoisotopic (exact) mass is 296 g/mol. The zero-order valence-corrected chi connectivity index (χ0v) is 13.4. The van der Waals surface area contributed by atoms with Gasteiger partial charge >= 0.3 is 0 Å². The molecule has 1 aliphatic rings. The molecule has 1 aromatic rings. The highest BCUT2D eigenvalue weighted by Gasteiger charge is 2.21. The number of hydrogen-bond donors (Lipinski definition) is 1. The highest BCUT2D eigenvalue weighted by Crippen LogP contribution is 2.29. The second-order valence-electron chi connectivity index (χ2n) is 5.89. The molecule has 2 rings (SSSR count). The molecule has 4 nitrogen and oxygen atoms in total. The molecule has 1 aliphatic carbocycles. The van der Waals surface area contributed by atoms with Gasteiger partial charge in [-0.05, 0) is 12.8 Å². The summed E-state index contributed by atoms with van der Waals surface area (Å²) in [5, 5.41) is 5.64. The van der Waals surface area contributed by atoms with Gasteiger partial charge in [0, 0.05) is 18.3 Å². The Kier molecular flexibility index (Phi) is 6.87. The summed E-state index contributed by atoms with van der Waals surface area (Å²) in [6.07, 6.45) is 14.8. The number of hydrogen-bond acceptors (Lipinski definition) is 4. The van der Waals surface area contributed by atoms with Crippen LogP contribution in [-0.2, 0) is 7.05 Å². The van der Waals surface area contributed by atoms with Crippen molar-refractivity contribution in [2.75, 3.05) is 0 Å². The minimum Gasteiger partial charge on any atom is -0.327 e. The Morgan fingerprint density at radius 2 is 1.65 bits per heavy atom. The molecule has 0 aliphatic heterocycles. The summed E-state index contributed by atoms with van der Waals surface area (Å²) in [5.41, 5.74) is 6.45. The van der Waals surface area contributed by atoms with Crippen LogP contribution in [0.15, 0.2) is 11.5 Å². The van der Waals surface area contributed by atoms with Crippen molar-refractivity contribution in [1.29, 1.82) is 0 Å². The third-order valence-electron chi connectivity index (χ3n) is 4.18. The van der Waals surface area contributed by atoms with Crippen LogP contribution in [0.25, 0.3) is 0 Å². The molecule has 1 aromatic heterocycles. The van der Waals surface area contributed by atoms with E-state index in [-0.39, 0.29) is 6.04 Å². The number of aromatic nitrogens is 3. The zero-order valence-electron chi connectivity index (χ0n) is 12.6. The van der Waals surface area contributed by atoms with Crippen molar-refractivity contribution in [3.63, 3.8) is 0 Å². The van der Waals surface area contributed by atoms with Gasteiger partial charge in [0.05, 0.1) is 0 Å². The summed E-state index contributed by atoms with van der Waals surface area (Å²) in [4.78, 5) is 4.33. The molecule has 0 radical (unpaired) electrons. The van der Waals surface area contributed by atoms with Crippen molar-refractivity contribution < 1.29 is 0 Å². The van der Waals surface area contributed by atoms with Gasteiger partial charge < -0.3 is 5.73 Å². The third-order valence-corrected chi connectivity index (χ3v) is 5.65. The summed E-state index contributed by atoms with van der Waals surface area (Å²) < 4.78 is 1.85. The number of thioether (sulfide) groups is 1.